The molecule has 0 atom stereocenters. The van der Waals surface area contributed by atoms with Crippen LogP contribution in [0.15, 0.2) is 81.1 Å². The highest BCUT2D eigenvalue weighted by Crippen LogP contribution is 2.39. The van der Waals surface area contributed by atoms with Gasteiger partial charge in [0, 0.05) is 5.02 Å². The van der Waals surface area contributed by atoms with Crippen molar-refractivity contribution in [1.82, 2.24) is 5.32 Å². The molecule has 0 aliphatic carbocycles. The van der Waals surface area contributed by atoms with Crippen molar-refractivity contribution in [3.8, 4) is 11.5 Å². The monoisotopic (exact) mass is 528 g/mol. The average molecular weight is 530 g/mol. The van der Waals surface area contributed by atoms with Crippen molar-refractivity contribution in [3.63, 3.8) is 0 Å². The topological polar surface area (TPSA) is 59.9 Å². The number of para-hydroxylation sites is 1. The van der Waals surface area contributed by atoms with Crippen LogP contribution in [0.3, 0.4) is 0 Å². The van der Waals surface area contributed by atoms with Gasteiger partial charge in [0.2, 0.25) is 0 Å². The quantitative estimate of drug-likeness (QED) is 0.366. The van der Waals surface area contributed by atoms with Crippen LogP contribution >= 0.6 is 39.3 Å². The molecule has 32 heavy (non-hydrogen) atoms. The lowest BCUT2D eigenvalue weighted by molar-refractivity contribution is -0.115. The van der Waals surface area contributed by atoms with Crippen molar-refractivity contribution in [2.45, 2.75) is 6.61 Å². The number of thioether (sulfide) groups is 1. The van der Waals surface area contributed by atoms with Crippen LogP contribution in [-0.4, -0.2) is 18.2 Å². The number of nitrogens with one attached hydrogen (secondary N) is 1. The molecule has 8 heteroatoms. The zero-order valence-corrected chi connectivity index (χ0v) is 20.1. The predicted octanol–water partition coefficient (Wildman–Crippen LogP) is 6.58. The third-order valence-corrected chi connectivity index (χ3v) is 6.23. The largest absolute Gasteiger partial charge is 0.493 e. The summed E-state index contributed by atoms with van der Waals surface area (Å²) in [5.74, 6) is 0.948. The van der Waals surface area contributed by atoms with Gasteiger partial charge in [-0.25, -0.2) is 4.99 Å². The summed E-state index contributed by atoms with van der Waals surface area (Å²) in [7, 11) is 1.58. The van der Waals surface area contributed by atoms with E-state index in [1.54, 1.807) is 13.2 Å². The summed E-state index contributed by atoms with van der Waals surface area (Å²) in [5.41, 5.74) is 2.56. The van der Waals surface area contributed by atoms with Gasteiger partial charge in [0.1, 0.15) is 6.61 Å². The Hall–Kier alpha value is -2.74. The van der Waals surface area contributed by atoms with E-state index in [-0.39, 0.29) is 5.91 Å². The highest BCUT2D eigenvalue weighted by atomic mass is 79.9. The minimum atomic E-state index is -0.192. The number of hydrogen-bond donors (Lipinski definition) is 1. The van der Waals surface area contributed by atoms with Crippen LogP contribution in [0.25, 0.3) is 6.08 Å². The maximum Gasteiger partial charge on any atom is 0.264 e. The molecular formula is C24H18BrClN2O3S. The lowest BCUT2D eigenvalue weighted by atomic mass is 10.2. The number of ether oxygens (including phenoxy) is 2. The van der Waals surface area contributed by atoms with E-state index >= 15 is 0 Å². The van der Waals surface area contributed by atoms with Gasteiger partial charge >= 0.3 is 0 Å². The zero-order valence-electron chi connectivity index (χ0n) is 17.0. The molecule has 0 spiro atoms. The Bertz CT molecular complexity index is 1200. The number of benzene rings is 3. The second kappa shape index (κ2) is 10.3. The number of carbonyl (C=O) groups is 1. The van der Waals surface area contributed by atoms with E-state index in [0.29, 0.717) is 33.2 Å². The van der Waals surface area contributed by atoms with Crippen LogP contribution in [-0.2, 0) is 11.4 Å². The molecule has 0 saturated carbocycles. The van der Waals surface area contributed by atoms with E-state index in [2.05, 4.69) is 26.2 Å². The molecule has 1 amide bonds. The maximum atomic E-state index is 12.4. The number of amides is 1. The minimum absolute atomic E-state index is 0.192. The molecule has 0 unspecified atom stereocenters. The molecule has 1 aliphatic rings. The Morgan fingerprint density at radius 3 is 2.59 bits per heavy atom. The summed E-state index contributed by atoms with van der Waals surface area (Å²) in [6.45, 7) is 0.365. The molecular weight excluding hydrogens is 512 g/mol. The maximum absolute atomic E-state index is 12.4. The van der Waals surface area contributed by atoms with Crippen LogP contribution in [0, 0.1) is 0 Å². The van der Waals surface area contributed by atoms with Gasteiger partial charge in [0.25, 0.3) is 5.91 Å². The third-order valence-electron chi connectivity index (χ3n) is 4.48. The normalized spacial score (nSPS) is 15.8. The molecule has 0 bridgehead atoms. The van der Waals surface area contributed by atoms with Crippen LogP contribution in [0.5, 0.6) is 11.5 Å². The Kier molecular flexibility index (Phi) is 7.19. The highest BCUT2D eigenvalue weighted by Gasteiger charge is 2.24. The number of carbonyl (C=O) groups excluding carboxylic acids is 1. The van der Waals surface area contributed by atoms with Crippen molar-refractivity contribution in [3.05, 3.63) is 92.3 Å². The number of amidine groups is 1. The first-order valence-corrected chi connectivity index (χ1v) is 11.6. The first-order chi connectivity index (χ1) is 15.5. The summed E-state index contributed by atoms with van der Waals surface area (Å²) < 4.78 is 12.2. The molecule has 1 N–H and O–H groups in total. The van der Waals surface area contributed by atoms with Gasteiger partial charge in [0.05, 0.1) is 22.2 Å². The van der Waals surface area contributed by atoms with Crippen LogP contribution in [0.1, 0.15) is 11.1 Å². The fraction of sp³-hybridized carbons (Fsp3) is 0.0833. The van der Waals surface area contributed by atoms with E-state index < -0.39 is 0 Å². The van der Waals surface area contributed by atoms with Gasteiger partial charge in [-0.05, 0) is 81.3 Å². The zero-order chi connectivity index (χ0) is 22.5. The lowest BCUT2D eigenvalue weighted by Crippen LogP contribution is -2.19. The molecule has 0 aromatic heterocycles. The van der Waals surface area contributed by atoms with E-state index in [1.807, 2.05) is 66.7 Å². The highest BCUT2D eigenvalue weighted by molar-refractivity contribution is 9.10. The lowest BCUT2D eigenvalue weighted by Gasteiger charge is -2.14. The van der Waals surface area contributed by atoms with Gasteiger partial charge in [-0.2, -0.15) is 0 Å². The molecule has 1 aliphatic heterocycles. The van der Waals surface area contributed by atoms with Crippen molar-refractivity contribution in [2.75, 3.05) is 7.11 Å². The van der Waals surface area contributed by atoms with Crippen molar-refractivity contribution in [1.29, 1.82) is 0 Å². The standard InChI is InChI=1S/C24H18BrClN2O3S/c1-30-20-12-16(11-19(25)22(20)31-14-15-7-9-17(26)10-8-15)13-21-23(29)28-24(32-21)27-18-5-3-2-4-6-18/h2-13H,14H2,1H3,(H,27,28,29)/b21-13-. The number of methoxy groups -OCH3 is 1. The van der Waals surface area contributed by atoms with Gasteiger partial charge in [0.15, 0.2) is 16.7 Å². The molecule has 1 fully saturated rings. The average Bonchev–Trinajstić information content (AvgIpc) is 3.12. The summed E-state index contributed by atoms with van der Waals surface area (Å²) >= 11 is 10.8. The SMILES string of the molecule is COc1cc(/C=C2\SC(=Nc3ccccc3)NC2=O)cc(Br)c1OCc1ccc(Cl)cc1. The molecule has 4 rings (SSSR count). The fourth-order valence-corrected chi connectivity index (χ4v) is 4.49. The first kappa shape index (κ1) is 22.5. The Labute approximate surface area is 203 Å². The number of aliphatic imine (C=N–C) groups is 1. The van der Waals surface area contributed by atoms with Crippen LogP contribution in [0.4, 0.5) is 5.69 Å². The van der Waals surface area contributed by atoms with Gasteiger partial charge in [-0.1, -0.05) is 41.9 Å². The molecule has 3 aromatic rings. The molecule has 162 valence electrons. The van der Waals surface area contributed by atoms with E-state index in [9.17, 15) is 4.79 Å². The summed E-state index contributed by atoms with van der Waals surface area (Å²) in [6.07, 6.45) is 1.80. The summed E-state index contributed by atoms with van der Waals surface area (Å²) in [4.78, 5) is 17.4. The van der Waals surface area contributed by atoms with E-state index in [4.69, 9.17) is 21.1 Å². The first-order valence-electron chi connectivity index (χ1n) is 9.61. The second-order valence-corrected chi connectivity index (χ2v) is 9.09. The fourth-order valence-electron chi connectivity index (χ4n) is 2.95. The van der Waals surface area contributed by atoms with Crippen LogP contribution in [0.2, 0.25) is 5.02 Å². The Balaban J connectivity index is 1.53. The second-order valence-electron chi connectivity index (χ2n) is 6.77. The summed E-state index contributed by atoms with van der Waals surface area (Å²) in [6, 6.07) is 20.7. The number of rotatable bonds is 6. The predicted molar refractivity (Wildman–Crippen MR) is 134 cm³/mol. The van der Waals surface area contributed by atoms with Gasteiger partial charge in [-0.3, -0.25) is 4.79 Å². The van der Waals surface area contributed by atoms with E-state index in [0.717, 1.165) is 21.3 Å². The minimum Gasteiger partial charge on any atom is -0.493 e. The van der Waals surface area contributed by atoms with Gasteiger partial charge in [-0.15, -0.1) is 0 Å². The Morgan fingerprint density at radius 2 is 1.88 bits per heavy atom. The Morgan fingerprint density at radius 1 is 1.12 bits per heavy atom. The molecule has 3 aromatic carbocycles. The van der Waals surface area contributed by atoms with Crippen molar-refractivity contribution >= 4 is 62.1 Å². The molecule has 1 saturated heterocycles. The summed E-state index contributed by atoms with van der Waals surface area (Å²) in [5, 5.41) is 4.02. The number of hydrogen-bond acceptors (Lipinski definition) is 5. The smallest absolute Gasteiger partial charge is 0.264 e. The third kappa shape index (κ3) is 5.54. The van der Waals surface area contributed by atoms with Crippen LogP contribution < -0.4 is 14.8 Å². The molecule has 1 heterocycles. The molecule has 5 nitrogen and oxygen atoms in total. The van der Waals surface area contributed by atoms with Crippen molar-refractivity contribution in [2.24, 2.45) is 4.99 Å². The van der Waals surface area contributed by atoms with E-state index in [1.165, 1.54) is 11.8 Å². The van der Waals surface area contributed by atoms with Crippen molar-refractivity contribution < 1.29 is 14.3 Å². The molecule has 0 radical (unpaired) electrons. The van der Waals surface area contributed by atoms with Gasteiger partial charge < -0.3 is 14.8 Å². The number of halogens is 2. The number of nitrogens with zero attached hydrogens (tertiary/aromatic N) is 1.